The minimum absolute atomic E-state index is 0.0778. The molecule has 0 N–H and O–H groups in total. The Morgan fingerprint density at radius 3 is 2.77 bits per heavy atom. The lowest BCUT2D eigenvalue weighted by Gasteiger charge is -2.19. The summed E-state index contributed by atoms with van der Waals surface area (Å²) in [7, 11) is 0. The Morgan fingerprint density at radius 2 is 2.23 bits per heavy atom. The average Bonchev–Trinajstić information content (AvgIpc) is 2.74. The van der Waals surface area contributed by atoms with Gasteiger partial charge in [-0.05, 0) is 37.5 Å². The molecule has 0 aromatic heterocycles. The standard InChI is InChI=1S/C11H18O2/c1-2-5-13-11(12)10-7-8-3-4-9(10)6-8/h8-10H,2-7H2,1H3. The Morgan fingerprint density at radius 1 is 1.38 bits per heavy atom. The number of rotatable bonds is 3. The van der Waals surface area contributed by atoms with Crippen LogP contribution in [0.5, 0.6) is 0 Å². The highest BCUT2D eigenvalue weighted by Crippen LogP contribution is 2.48. The van der Waals surface area contributed by atoms with Gasteiger partial charge in [-0.1, -0.05) is 13.3 Å². The monoisotopic (exact) mass is 182 g/mol. The van der Waals surface area contributed by atoms with E-state index in [4.69, 9.17) is 4.74 Å². The number of hydrogen-bond donors (Lipinski definition) is 0. The van der Waals surface area contributed by atoms with Crippen molar-refractivity contribution in [2.24, 2.45) is 17.8 Å². The molecule has 2 rings (SSSR count). The first-order chi connectivity index (χ1) is 6.31. The van der Waals surface area contributed by atoms with Crippen molar-refractivity contribution < 1.29 is 9.53 Å². The summed E-state index contributed by atoms with van der Waals surface area (Å²) in [6.07, 6.45) is 5.93. The minimum atomic E-state index is 0.0778. The summed E-state index contributed by atoms with van der Waals surface area (Å²) in [4.78, 5) is 11.6. The summed E-state index contributed by atoms with van der Waals surface area (Å²) in [6, 6.07) is 0. The smallest absolute Gasteiger partial charge is 0.309 e. The van der Waals surface area contributed by atoms with Crippen molar-refractivity contribution in [3.05, 3.63) is 0 Å². The molecular formula is C11H18O2. The van der Waals surface area contributed by atoms with Crippen LogP contribution in [0.3, 0.4) is 0 Å². The number of hydrogen-bond acceptors (Lipinski definition) is 2. The van der Waals surface area contributed by atoms with Gasteiger partial charge in [-0.25, -0.2) is 0 Å². The van der Waals surface area contributed by atoms with Gasteiger partial charge in [0.05, 0.1) is 12.5 Å². The molecule has 2 saturated carbocycles. The predicted molar refractivity (Wildman–Crippen MR) is 50.2 cm³/mol. The van der Waals surface area contributed by atoms with Gasteiger partial charge in [-0.3, -0.25) is 4.79 Å². The molecule has 0 radical (unpaired) electrons. The quantitative estimate of drug-likeness (QED) is 0.626. The molecule has 3 unspecified atom stereocenters. The molecule has 2 heteroatoms. The highest BCUT2D eigenvalue weighted by Gasteiger charge is 2.43. The van der Waals surface area contributed by atoms with E-state index in [0.29, 0.717) is 12.5 Å². The van der Waals surface area contributed by atoms with Gasteiger partial charge in [0.15, 0.2) is 0 Å². The molecule has 2 fully saturated rings. The van der Waals surface area contributed by atoms with E-state index in [2.05, 4.69) is 0 Å². The SMILES string of the molecule is CCCOC(=O)C1CC2CCC1C2. The van der Waals surface area contributed by atoms with Crippen LogP contribution in [0.4, 0.5) is 0 Å². The van der Waals surface area contributed by atoms with Gasteiger partial charge in [0.2, 0.25) is 0 Å². The van der Waals surface area contributed by atoms with E-state index in [1.165, 1.54) is 19.3 Å². The molecule has 3 atom stereocenters. The van der Waals surface area contributed by atoms with Crippen molar-refractivity contribution in [3.63, 3.8) is 0 Å². The fourth-order valence-electron chi connectivity index (χ4n) is 2.84. The second kappa shape index (κ2) is 3.69. The van der Waals surface area contributed by atoms with Crippen molar-refractivity contribution in [1.29, 1.82) is 0 Å². The van der Waals surface area contributed by atoms with Gasteiger partial charge in [0, 0.05) is 0 Å². The van der Waals surface area contributed by atoms with Crippen molar-refractivity contribution >= 4 is 5.97 Å². The number of esters is 1. The van der Waals surface area contributed by atoms with Crippen LogP contribution in [-0.4, -0.2) is 12.6 Å². The lowest BCUT2D eigenvalue weighted by Crippen LogP contribution is -2.23. The zero-order valence-electron chi connectivity index (χ0n) is 8.29. The van der Waals surface area contributed by atoms with Crippen LogP contribution in [0, 0.1) is 17.8 Å². The van der Waals surface area contributed by atoms with Crippen LogP contribution in [0.15, 0.2) is 0 Å². The molecule has 2 nitrogen and oxygen atoms in total. The first kappa shape index (κ1) is 9.04. The summed E-state index contributed by atoms with van der Waals surface area (Å²) < 4.78 is 5.19. The molecule has 0 aromatic rings. The van der Waals surface area contributed by atoms with Crippen LogP contribution in [0.25, 0.3) is 0 Å². The lowest BCUT2D eigenvalue weighted by atomic mass is 9.89. The summed E-state index contributed by atoms with van der Waals surface area (Å²) in [5, 5.41) is 0. The van der Waals surface area contributed by atoms with Crippen molar-refractivity contribution in [3.8, 4) is 0 Å². The van der Waals surface area contributed by atoms with E-state index < -0.39 is 0 Å². The maximum atomic E-state index is 11.6. The van der Waals surface area contributed by atoms with Gasteiger partial charge in [-0.2, -0.15) is 0 Å². The van der Waals surface area contributed by atoms with Crippen LogP contribution in [-0.2, 0) is 9.53 Å². The zero-order valence-corrected chi connectivity index (χ0v) is 8.29. The van der Waals surface area contributed by atoms with Gasteiger partial charge < -0.3 is 4.74 Å². The molecule has 0 aromatic carbocycles. The predicted octanol–water partition coefficient (Wildman–Crippen LogP) is 2.38. The third kappa shape index (κ3) is 1.72. The molecule has 2 bridgehead atoms. The Hall–Kier alpha value is -0.530. The van der Waals surface area contributed by atoms with E-state index in [9.17, 15) is 4.79 Å². The first-order valence-electron chi connectivity index (χ1n) is 5.48. The van der Waals surface area contributed by atoms with Crippen LogP contribution < -0.4 is 0 Å². The summed E-state index contributed by atoms with van der Waals surface area (Å²) in [5.41, 5.74) is 0. The van der Waals surface area contributed by atoms with Gasteiger partial charge in [0.25, 0.3) is 0 Å². The average molecular weight is 182 g/mol. The van der Waals surface area contributed by atoms with Crippen LogP contribution in [0.2, 0.25) is 0 Å². The number of fused-ring (bicyclic) bond motifs is 2. The molecule has 74 valence electrons. The van der Waals surface area contributed by atoms with Crippen LogP contribution >= 0.6 is 0 Å². The Balaban J connectivity index is 1.84. The highest BCUT2D eigenvalue weighted by molar-refractivity contribution is 5.73. The normalized spacial score (nSPS) is 36.5. The molecule has 0 spiro atoms. The topological polar surface area (TPSA) is 26.3 Å². The van der Waals surface area contributed by atoms with Crippen LogP contribution in [0.1, 0.15) is 39.0 Å². The maximum absolute atomic E-state index is 11.6. The molecule has 2 aliphatic rings. The molecule has 0 heterocycles. The molecular weight excluding hydrogens is 164 g/mol. The van der Waals surface area contributed by atoms with E-state index in [0.717, 1.165) is 18.8 Å². The number of ether oxygens (including phenoxy) is 1. The number of carbonyl (C=O) groups excluding carboxylic acids is 1. The summed E-state index contributed by atoms with van der Waals surface area (Å²) >= 11 is 0. The summed E-state index contributed by atoms with van der Waals surface area (Å²) in [5.74, 6) is 1.83. The largest absolute Gasteiger partial charge is 0.465 e. The van der Waals surface area contributed by atoms with Crippen molar-refractivity contribution in [1.82, 2.24) is 0 Å². The molecule has 0 amide bonds. The van der Waals surface area contributed by atoms with E-state index in [1.54, 1.807) is 0 Å². The third-order valence-corrected chi connectivity index (χ3v) is 3.49. The van der Waals surface area contributed by atoms with Gasteiger partial charge in [0.1, 0.15) is 0 Å². The Kier molecular flexibility index (Phi) is 2.56. The molecule has 0 saturated heterocycles. The van der Waals surface area contributed by atoms with E-state index in [1.807, 2.05) is 6.92 Å². The van der Waals surface area contributed by atoms with Gasteiger partial charge >= 0.3 is 5.97 Å². The van der Waals surface area contributed by atoms with Gasteiger partial charge in [-0.15, -0.1) is 0 Å². The Bertz CT molecular complexity index is 200. The maximum Gasteiger partial charge on any atom is 0.309 e. The molecule has 0 aliphatic heterocycles. The fourth-order valence-corrected chi connectivity index (χ4v) is 2.84. The lowest BCUT2D eigenvalue weighted by molar-refractivity contribution is -0.150. The zero-order chi connectivity index (χ0) is 9.26. The molecule has 2 aliphatic carbocycles. The first-order valence-corrected chi connectivity index (χ1v) is 5.48. The van der Waals surface area contributed by atoms with Crippen molar-refractivity contribution in [2.75, 3.05) is 6.61 Å². The Labute approximate surface area is 79.7 Å². The van der Waals surface area contributed by atoms with E-state index in [-0.39, 0.29) is 11.9 Å². The van der Waals surface area contributed by atoms with E-state index >= 15 is 0 Å². The molecule has 13 heavy (non-hydrogen) atoms. The minimum Gasteiger partial charge on any atom is -0.465 e. The van der Waals surface area contributed by atoms with Crippen molar-refractivity contribution in [2.45, 2.75) is 39.0 Å². The third-order valence-electron chi connectivity index (χ3n) is 3.49. The summed E-state index contributed by atoms with van der Waals surface area (Å²) in [6.45, 7) is 2.64. The number of carbonyl (C=O) groups is 1. The fraction of sp³-hybridized carbons (Fsp3) is 0.909. The highest BCUT2D eigenvalue weighted by atomic mass is 16.5. The second-order valence-electron chi connectivity index (χ2n) is 4.45. The second-order valence-corrected chi connectivity index (χ2v) is 4.45.